The molecule has 2 aromatic heterocycles. The maximum Gasteiger partial charge on any atom is 0.404 e. The van der Waals surface area contributed by atoms with Crippen molar-refractivity contribution in [3.63, 3.8) is 0 Å². The van der Waals surface area contributed by atoms with Crippen LogP contribution in [0.3, 0.4) is 0 Å². The lowest BCUT2D eigenvalue weighted by atomic mass is 10.0. The fourth-order valence-corrected chi connectivity index (χ4v) is 3.20. The standard InChI is InChI=1S/C22H22F3N5O2/c1-12(15-7-4-8-16(19(15)23)20(24)25)28-21-17-10-14(6-5-9-26-22(31)32)27-11-18(17)30(3)13(2)29-21/h4-8,10-12,20,26H,9H2,1-3H3,(H,31,32)/b6-5+,28-21?. The number of nitrogens with one attached hydrogen (secondary N) is 1. The average molecular weight is 445 g/mol. The lowest BCUT2D eigenvalue weighted by Crippen LogP contribution is -2.20. The Balaban J connectivity index is 2.09. The van der Waals surface area contributed by atoms with Crippen LogP contribution in [0.25, 0.3) is 17.0 Å². The number of hydrogen-bond acceptors (Lipinski definition) is 4. The fourth-order valence-electron chi connectivity index (χ4n) is 3.20. The van der Waals surface area contributed by atoms with Gasteiger partial charge in [0.15, 0.2) is 5.49 Å². The number of rotatable bonds is 6. The Morgan fingerprint density at radius 1 is 1.34 bits per heavy atom. The average Bonchev–Trinajstić information content (AvgIpc) is 2.74. The summed E-state index contributed by atoms with van der Waals surface area (Å²) in [6, 6.07) is 4.84. The van der Waals surface area contributed by atoms with Crippen LogP contribution < -0.4 is 10.8 Å². The molecule has 3 rings (SSSR count). The number of benzene rings is 1. The Kier molecular flexibility index (Phi) is 6.92. The first-order valence-electron chi connectivity index (χ1n) is 9.76. The number of amides is 1. The molecule has 2 heterocycles. The second-order valence-corrected chi connectivity index (χ2v) is 7.11. The van der Waals surface area contributed by atoms with E-state index in [-0.39, 0.29) is 12.1 Å². The highest BCUT2D eigenvalue weighted by Crippen LogP contribution is 2.28. The van der Waals surface area contributed by atoms with E-state index in [2.05, 4.69) is 20.3 Å². The summed E-state index contributed by atoms with van der Waals surface area (Å²) >= 11 is 0. The molecule has 0 saturated heterocycles. The van der Waals surface area contributed by atoms with E-state index in [9.17, 15) is 18.0 Å². The van der Waals surface area contributed by atoms with Gasteiger partial charge in [0.2, 0.25) is 0 Å². The number of halogens is 3. The molecule has 1 amide bonds. The zero-order valence-corrected chi connectivity index (χ0v) is 17.7. The second kappa shape index (κ2) is 9.63. The highest BCUT2D eigenvalue weighted by atomic mass is 19.3. The number of carboxylic acid groups (broad SMARTS) is 1. The minimum Gasteiger partial charge on any atom is -0.465 e. The third kappa shape index (κ3) is 4.96. The molecule has 0 aliphatic carbocycles. The maximum atomic E-state index is 14.6. The van der Waals surface area contributed by atoms with Gasteiger partial charge in [0.05, 0.1) is 29.0 Å². The van der Waals surface area contributed by atoms with E-state index in [1.165, 1.54) is 12.1 Å². The van der Waals surface area contributed by atoms with Crippen LogP contribution in [0.5, 0.6) is 0 Å². The predicted octanol–water partition coefficient (Wildman–Crippen LogP) is 4.30. The third-order valence-corrected chi connectivity index (χ3v) is 4.98. The van der Waals surface area contributed by atoms with Gasteiger partial charge in [-0.15, -0.1) is 0 Å². The largest absolute Gasteiger partial charge is 0.465 e. The highest BCUT2D eigenvalue weighted by molar-refractivity contribution is 5.79. The molecule has 0 aliphatic heterocycles. The molecule has 0 aliphatic rings. The number of nitrogens with zero attached hydrogens (tertiary/aromatic N) is 4. The van der Waals surface area contributed by atoms with Crippen molar-refractivity contribution in [2.45, 2.75) is 26.3 Å². The van der Waals surface area contributed by atoms with Crippen LogP contribution in [-0.4, -0.2) is 32.3 Å². The summed E-state index contributed by atoms with van der Waals surface area (Å²) < 4.78 is 42.6. The molecule has 0 radical (unpaired) electrons. The molecule has 0 fully saturated rings. The number of aryl methyl sites for hydroxylation is 2. The van der Waals surface area contributed by atoms with E-state index >= 15 is 0 Å². The van der Waals surface area contributed by atoms with Crippen molar-refractivity contribution in [3.8, 4) is 0 Å². The van der Waals surface area contributed by atoms with Crippen molar-refractivity contribution in [3.05, 3.63) is 70.5 Å². The first-order chi connectivity index (χ1) is 15.2. The number of pyridine rings is 1. The molecule has 1 atom stereocenters. The monoisotopic (exact) mass is 445 g/mol. The third-order valence-electron chi connectivity index (χ3n) is 4.98. The smallest absolute Gasteiger partial charge is 0.404 e. The molecule has 1 aromatic carbocycles. The highest BCUT2D eigenvalue weighted by Gasteiger charge is 2.19. The minimum atomic E-state index is -2.92. The molecule has 7 nitrogen and oxygen atoms in total. The molecule has 1 unspecified atom stereocenters. The van der Waals surface area contributed by atoms with E-state index in [0.717, 1.165) is 11.6 Å². The van der Waals surface area contributed by atoms with Crippen LogP contribution in [0, 0.1) is 12.7 Å². The van der Waals surface area contributed by atoms with Gasteiger partial charge in [0.1, 0.15) is 11.6 Å². The van der Waals surface area contributed by atoms with Gasteiger partial charge in [-0.25, -0.2) is 22.9 Å². The molecule has 168 valence electrons. The zero-order valence-electron chi connectivity index (χ0n) is 17.7. The van der Waals surface area contributed by atoms with Gasteiger partial charge in [0, 0.05) is 24.5 Å². The Bertz CT molecular complexity index is 1250. The van der Waals surface area contributed by atoms with Gasteiger partial charge < -0.3 is 15.0 Å². The number of hydrogen-bond donors (Lipinski definition) is 2. The van der Waals surface area contributed by atoms with Crippen LogP contribution in [0.1, 0.15) is 42.0 Å². The van der Waals surface area contributed by atoms with Crippen LogP contribution in [0.15, 0.2) is 41.5 Å². The fraction of sp³-hybridized carbons (Fsp3) is 0.273. The molecular weight excluding hydrogens is 423 g/mol. The number of fused-ring (bicyclic) bond motifs is 1. The minimum absolute atomic E-state index is 0.0533. The Labute approximate surface area is 182 Å². The Morgan fingerprint density at radius 2 is 2.06 bits per heavy atom. The number of alkyl halides is 2. The van der Waals surface area contributed by atoms with Gasteiger partial charge in [-0.05, 0) is 26.0 Å². The van der Waals surface area contributed by atoms with Gasteiger partial charge >= 0.3 is 6.09 Å². The number of carbonyl (C=O) groups is 1. The molecule has 10 heteroatoms. The molecule has 32 heavy (non-hydrogen) atoms. The summed E-state index contributed by atoms with van der Waals surface area (Å²) in [5.41, 5.74) is 0.990. The summed E-state index contributed by atoms with van der Waals surface area (Å²) in [4.78, 5) is 23.9. The Morgan fingerprint density at radius 3 is 2.75 bits per heavy atom. The molecule has 3 aromatic rings. The van der Waals surface area contributed by atoms with E-state index in [4.69, 9.17) is 5.11 Å². The van der Waals surface area contributed by atoms with E-state index in [1.807, 2.05) is 11.6 Å². The molecule has 0 saturated carbocycles. The summed E-state index contributed by atoms with van der Waals surface area (Å²) in [5.74, 6) is -0.335. The van der Waals surface area contributed by atoms with Crippen LogP contribution in [0.4, 0.5) is 18.0 Å². The van der Waals surface area contributed by atoms with E-state index in [0.29, 0.717) is 22.4 Å². The van der Waals surface area contributed by atoms with Crippen molar-refractivity contribution in [2.24, 2.45) is 12.0 Å². The van der Waals surface area contributed by atoms with Gasteiger partial charge in [0.25, 0.3) is 6.43 Å². The predicted molar refractivity (Wildman–Crippen MR) is 114 cm³/mol. The van der Waals surface area contributed by atoms with Crippen LogP contribution in [-0.2, 0) is 7.05 Å². The Hall–Kier alpha value is -3.69. The normalized spacial score (nSPS) is 13.3. The lowest BCUT2D eigenvalue weighted by molar-refractivity contribution is 0.146. The maximum absolute atomic E-state index is 14.6. The van der Waals surface area contributed by atoms with Crippen LogP contribution in [0.2, 0.25) is 0 Å². The van der Waals surface area contributed by atoms with Crippen molar-refractivity contribution in [1.82, 2.24) is 19.9 Å². The molecule has 0 spiro atoms. The van der Waals surface area contributed by atoms with E-state index in [1.54, 1.807) is 38.3 Å². The zero-order chi connectivity index (χ0) is 23.4. The van der Waals surface area contributed by atoms with Gasteiger partial charge in [-0.1, -0.05) is 24.3 Å². The van der Waals surface area contributed by atoms with Gasteiger partial charge in [-0.2, -0.15) is 0 Å². The summed E-state index contributed by atoms with van der Waals surface area (Å²) in [5, 5.41) is 11.5. The summed E-state index contributed by atoms with van der Waals surface area (Å²) in [6.07, 6.45) is 0.833. The molecule has 0 bridgehead atoms. The first kappa shape index (κ1) is 23.0. The quantitative estimate of drug-likeness (QED) is 0.592. The lowest BCUT2D eigenvalue weighted by Gasteiger charge is -2.13. The van der Waals surface area contributed by atoms with Crippen LogP contribution >= 0.6 is 0 Å². The van der Waals surface area contributed by atoms with Crippen molar-refractivity contribution in [2.75, 3.05) is 6.54 Å². The van der Waals surface area contributed by atoms with Crippen molar-refractivity contribution < 1.29 is 23.1 Å². The second-order valence-electron chi connectivity index (χ2n) is 7.11. The molecular formula is C22H22F3N5O2. The number of aromatic nitrogens is 3. The van der Waals surface area contributed by atoms with Gasteiger partial charge in [-0.3, -0.25) is 9.98 Å². The topological polar surface area (TPSA) is 92.4 Å². The van der Waals surface area contributed by atoms with E-state index < -0.39 is 29.9 Å². The van der Waals surface area contributed by atoms with Crippen molar-refractivity contribution in [1.29, 1.82) is 0 Å². The van der Waals surface area contributed by atoms with Crippen molar-refractivity contribution >= 4 is 23.1 Å². The molecule has 2 N–H and O–H groups in total. The SMILES string of the molecule is Cc1nc(=NC(C)c2cccc(C(F)F)c2F)c2cc(/C=C/CNC(=O)O)ncc2n1C. The summed E-state index contributed by atoms with van der Waals surface area (Å²) in [7, 11) is 1.82. The summed E-state index contributed by atoms with van der Waals surface area (Å²) in [6.45, 7) is 3.51. The first-order valence-corrected chi connectivity index (χ1v) is 9.76.